The third-order valence-corrected chi connectivity index (χ3v) is 3.32. The molecule has 4 atom stereocenters. The minimum Gasteiger partial charge on any atom is -0.394 e. The molecule has 0 radical (unpaired) electrons. The third kappa shape index (κ3) is 1.78. The standard InChI is InChI=1S/C10H14N6O4/c11-4-6(18)3(1-17)20-9(4)16-2-13-5-7(16)14-10(12)15-8(5)19/h2-4,6,9,17-18H,1,11H2,(H3,12,14,15,19)/t3-,4-,6-,9-/m0/s1. The van der Waals surface area contributed by atoms with Crippen LogP contribution >= 0.6 is 0 Å². The van der Waals surface area contributed by atoms with Crippen LogP contribution in [0.2, 0.25) is 0 Å². The molecular weight excluding hydrogens is 268 g/mol. The van der Waals surface area contributed by atoms with Gasteiger partial charge in [0.1, 0.15) is 12.2 Å². The Morgan fingerprint density at radius 1 is 1.55 bits per heavy atom. The maximum atomic E-state index is 11.7. The predicted molar refractivity (Wildman–Crippen MR) is 67.5 cm³/mol. The van der Waals surface area contributed by atoms with Crippen LogP contribution in [0.4, 0.5) is 5.95 Å². The van der Waals surface area contributed by atoms with Crippen LogP contribution in [0.5, 0.6) is 0 Å². The molecule has 10 heteroatoms. The molecule has 3 rings (SSSR count). The number of aliphatic hydroxyl groups excluding tert-OH is 2. The molecule has 7 N–H and O–H groups in total. The van der Waals surface area contributed by atoms with Gasteiger partial charge in [0.05, 0.1) is 19.0 Å². The van der Waals surface area contributed by atoms with Gasteiger partial charge >= 0.3 is 0 Å². The van der Waals surface area contributed by atoms with E-state index in [-0.39, 0.29) is 23.7 Å². The van der Waals surface area contributed by atoms with Crippen LogP contribution in [0.1, 0.15) is 6.23 Å². The molecule has 1 fully saturated rings. The molecule has 0 bridgehead atoms. The summed E-state index contributed by atoms with van der Waals surface area (Å²) in [7, 11) is 0. The molecule has 0 aliphatic carbocycles. The van der Waals surface area contributed by atoms with E-state index in [1.54, 1.807) is 0 Å². The number of nitrogens with zero attached hydrogens (tertiary/aromatic N) is 3. The first-order chi connectivity index (χ1) is 9.52. The number of aromatic amines is 1. The van der Waals surface area contributed by atoms with Crippen molar-refractivity contribution in [2.75, 3.05) is 12.3 Å². The fourth-order valence-electron chi connectivity index (χ4n) is 2.30. The Bertz CT molecular complexity index is 697. The highest BCUT2D eigenvalue weighted by molar-refractivity contribution is 5.70. The number of nitrogens with one attached hydrogen (secondary N) is 1. The lowest BCUT2D eigenvalue weighted by molar-refractivity contribution is -0.0437. The molecule has 0 spiro atoms. The zero-order valence-corrected chi connectivity index (χ0v) is 10.3. The van der Waals surface area contributed by atoms with Gasteiger partial charge in [0, 0.05) is 0 Å². The first-order valence-electron chi connectivity index (χ1n) is 5.95. The van der Waals surface area contributed by atoms with Crippen LogP contribution in [0.25, 0.3) is 11.2 Å². The van der Waals surface area contributed by atoms with Crippen molar-refractivity contribution in [3.8, 4) is 0 Å². The van der Waals surface area contributed by atoms with Gasteiger partial charge in [-0.2, -0.15) is 4.98 Å². The number of hydrogen-bond acceptors (Lipinski definition) is 8. The molecule has 0 unspecified atom stereocenters. The van der Waals surface area contributed by atoms with Gasteiger partial charge in [-0.15, -0.1) is 0 Å². The summed E-state index contributed by atoms with van der Waals surface area (Å²) >= 11 is 0. The van der Waals surface area contributed by atoms with Crippen molar-refractivity contribution in [3.63, 3.8) is 0 Å². The molecule has 0 saturated carbocycles. The summed E-state index contributed by atoms with van der Waals surface area (Å²) in [4.78, 5) is 21.9. The lowest BCUT2D eigenvalue weighted by atomic mass is 10.1. The molecule has 2 aromatic heterocycles. The number of H-pyrrole nitrogens is 1. The SMILES string of the molecule is Nc1nc2c(ncn2[C@H]2O[C@@H](CO)[C@H](O)[C@@H]2N)c(=O)[nH]1. The number of ether oxygens (including phenoxy) is 1. The van der Waals surface area contributed by atoms with E-state index in [1.165, 1.54) is 10.9 Å². The maximum Gasteiger partial charge on any atom is 0.280 e. The third-order valence-electron chi connectivity index (χ3n) is 3.32. The van der Waals surface area contributed by atoms with Crippen LogP contribution in [0.15, 0.2) is 11.1 Å². The second kappa shape index (κ2) is 4.52. The number of rotatable bonds is 2. The molecule has 1 aliphatic heterocycles. The van der Waals surface area contributed by atoms with Crippen molar-refractivity contribution in [3.05, 3.63) is 16.7 Å². The van der Waals surface area contributed by atoms with Gasteiger partial charge in [0.2, 0.25) is 5.95 Å². The van der Waals surface area contributed by atoms with Gasteiger partial charge < -0.3 is 26.4 Å². The predicted octanol–water partition coefficient (Wildman–Crippen LogP) is -2.72. The summed E-state index contributed by atoms with van der Waals surface area (Å²) < 4.78 is 6.89. The largest absolute Gasteiger partial charge is 0.394 e. The average Bonchev–Trinajstić information content (AvgIpc) is 2.93. The highest BCUT2D eigenvalue weighted by Gasteiger charge is 2.42. The zero-order chi connectivity index (χ0) is 14.4. The van der Waals surface area contributed by atoms with E-state index in [1.807, 2.05) is 0 Å². The zero-order valence-electron chi connectivity index (χ0n) is 10.3. The molecule has 20 heavy (non-hydrogen) atoms. The fourth-order valence-corrected chi connectivity index (χ4v) is 2.30. The van der Waals surface area contributed by atoms with E-state index in [4.69, 9.17) is 21.3 Å². The molecule has 1 aliphatic rings. The number of nitrogens with two attached hydrogens (primary N) is 2. The van der Waals surface area contributed by atoms with Crippen LogP contribution in [-0.4, -0.2) is 54.6 Å². The van der Waals surface area contributed by atoms with Gasteiger partial charge in [-0.3, -0.25) is 14.3 Å². The highest BCUT2D eigenvalue weighted by Crippen LogP contribution is 2.29. The van der Waals surface area contributed by atoms with Crippen molar-refractivity contribution >= 4 is 17.1 Å². The molecule has 0 aromatic carbocycles. The maximum absolute atomic E-state index is 11.7. The molecule has 3 heterocycles. The van der Waals surface area contributed by atoms with Crippen LogP contribution in [-0.2, 0) is 4.74 Å². The summed E-state index contributed by atoms with van der Waals surface area (Å²) in [6.07, 6.45) is -1.28. The molecule has 10 nitrogen and oxygen atoms in total. The summed E-state index contributed by atoms with van der Waals surface area (Å²) in [6, 6.07) is -0.785. The highest BCUT2D eigenvalue weighted by atomic mass is 16.5. The lowest BCUT2D eigenvalue weighted by Gasteiger charge is -2.17. The van der Waals surface area contributed by atoms with E-state index in [0.29, 0.717) is 0 Å². The van der Waals surface area contributed by atoms with E-state index in [2.05, 4.69) is 15.0 Å². The van der Waals surface area contributed by atoms with Gasteiger partial charge in [-0.25, -0.2) is 4.98 Å². The van der Waals surface area contributed by atoms with E-state index >= 15 is 0 Å². The van der Waals surface area contributed by atoms with E-state index < -0.39 is 30.0 Å². The Kier molecular flexibility index (Phi) is 2.94. The molecule has 0 amide bonds. The molecular formula is C10H14N6O4. The van der Waals surface area contributed by atoms with E-state index in [0.717, 1.165) is 0 Å². The monoisotopic (exact) mass is 282 g/mol. The van der Waals surface area contributed by atoms with Crippen LogP contribution in [0.3, 0.4) is 0 Å². The molecule has 1 saturated heterocycles. The van der Waals surface area contributed by atoms with Crippen molar-refractivity contribution in [1.82, 2.24) is 19.5 Å². The van der Waals surface area contributed by atoms with Crippen molar-refractivity contribution in [1.29, 1.82) is 0 Å². The van der Waals surface area contributed by atoms with Gasteiger partial charge in [-0.1, -0.05) is 0 Å². The Morgan fingerprint density at radius 2 is 2.30 bits per heavy atom. The Balaban J connectivity index is 2.09. The number of aromatic nitrogens is 4. The second-order valence-corrected chi connectivity index (χ2v) is 4.59. The van der Waals surface area contributed by atoms with Crippen molar-refractivity contribution in [2.24, 2.45) is 5.73 Å². The Morgan fingerprint density at radius 3 is 2.95 bits per heavy atom. The minimum absolute atomic E-state index is 0.0601. The lowest BCUT2D eigenvalue weighted by Crippen LogP contribution is -2.39. The summed E-state index contributed by atoms with van der Waals surface area (Å²) in [5.74, 6) is -0.0601. The quantitative estimate of drug-likeness (QED) is 0.396. The average molecular weight is 282 g/mol. The van der Waals surface area contributed by atoms with Gasteiger partial charge in [0.15, 0.2) is 17.4 Å². The second-order valence-electron chi connectivity index (χ2n) is 4.59. The summed E-state index contributed by atoms with van der Waals surface area (Å²) in [5.41, 5.74) is 11.2. The van der Waals surface area contributed by atoms with Crippen molar-refractivity contribution in [2.45, 2.75) is 24.5 Å². The van der Waals surface area contributed by atoms with Crippen molar-refractivity contribution < 1.29 is 14.9 Å². The fraction of sp³-hybridized carbons (Fsp3) is 0.500. The minimum atomic E-state index is -1.03. The molecule has 2 aromatic rings. The number of anilines is 1. The topological polar surface area (TPSA) is 165 Å². The normalized spacial score (nSPS) is 30.1. The Labute approximate surface area is 112 Å². The van der Waals surface area contributed by atoms with Gasteiger partial charge in [-0.05, 0) is 0 Å². The van der Waals surface area contributed by atoms with E-state index in [9.17, 15) is 9.90 Å². The number of imidazole rings is 1. The summed E-state index contributed by atoms with van der Waals surface area (Å²) in [5, 5.41) is 19.0. The molecule has 108 valence electrons. The first-order valence-corrected chi connectivity index (χ1v) is 5.95. The Hall–Kier alpha value is -2.01. The van der Waals surface area contributed by atoms with Gasteiger partial charge in [0.25, 0.3) is 5.56 Å². The first kappa shape index (κ1) is 13.0. The number of fused-ring (bicyclic) bond motifs is 1. The smallest absolute Gasteiger partial charge is 0.280 e. The number of nitrogen functional groups attached to an aromatic ring is 1. The number of hydrogen-bond donors (Lipinski definition) is 5. The number of aliphatic hydroxyl groups is 2. The van der Waals surface area contributed by atoms with Crippen LogP contribution in [0, 0.1) is 0 Å². The summed E-state index contributed by atoms with van der Waals surface area (Å²) in [6.45, 7) is -0.367. The van der Waals surface area contributed by atoms with Crippen LogP contribution < -0.4 is 17.0 Å².